The molecule has 1 aliphatic rings. The van der Waals surface area contributed by atoms with Gasteiger partial charge in [-0.3, -0.25) is 10.1 Å². The predicted molar refractivity (Wildman–Crippen MR) is 99.9 cm³/mol. The van der Waals surface area contributed by atoms with Crippen LogP contribution in [0.5, 0.6) is 0 Å². The van der Waals surface area contributed by atoms with E-state index in [1.54, 1.807) is 11.8 Å². The SMILES string of the molecule is COC(=O)Nc1nc2c(s1)CN(C(=O)CSCc1ccccc1)CC2. The summed E-state index contributed by atoms with van der Waals surface area (Å²) in [5, 5.41) is 3.10. The number of thiazole rings is 1. The summed E-state index contributed by atoms with van der Waals surface area (Å²) < 4.78 is 4.58. The first-order valence-electron chi connectivity index (χ1n) is 7.88. The highest BCUT2D eigenvalue weighted by Crippen LogP contribution is 2.28. The summed E-state index contributed by atoms with van der Waals surface area (Å²) in [5.74, 6) is 1.44. The molecule has 0 saturated carbocycles. The standard InChI is InChI=1S/C17H19N3O3S2/c1-23-17(22)19-16-18-13-7-8-20(9-14(13)25-16)15(21)11-24-10-12-5-3-2-4-6-12/h2-6H,7-11H2,1H3,(H,18,19,22). The number of ether oxygens (including phenoxy) is 1. The molecule has 1 aromatic heterocycles. The number of hydrogen-bond acceptors (Lipinski definition) is 6. The van der Waals surface area contributed by atoms with Crippen molar-refractivity contribution in [3.8, 4) is 0 Å². The molecule has 0 saturated heterocycles. The number of fused-ring (bicyclic) bond motifs is 1. The van der Waals surface area contributed by atoms with Crippen LogP contribution in [-0.4, -0.2) is 41.3 Å². The summed E-state index contributed by atoms with van der Waals surface area (Å²) in [6, 6.07) is 10.1. The number of anilines is 1. The van der Waals surface area contributed by atoms with Crippen molar-refractivity contribution in [3.63, 3.8) is 0 Å². The number of amides is 2. The van der Waals surface area contributed by atoms with Crippen molar-refractivity contribution in [1.82, 2.24) is 9.88 Å². The quantitative estimate of drug-likeness (QED) is 0.867. The van der Waals surface area contributed by atoms with Crippen LogP contribution < -0.4 is 5.32 Å². The fraction of sp³-hybridized carbons (Fsp3) is 0.353. The normalized spacial score (nSPS) is 13.2. The average molecular weight is 377 g/mol. The molecule has 1 aliphatic heterocycles. The molecule has 0 fully saturated rings. The molecule has 0 unspecified atom stereocenters. The first kappa shape index (κ1) is 17.8. The van der Waals surface area contributed by atoms with Crippen molar-refractivity contribution in [2.75, 3.05) is 24.7 Å². The molecule has 2 amide bonds. The van der Waals surface area contributed by atoms with E-state index in [2.05, 4.69) is 27.2 Å². The average Bonchev–Trinajstić information content (AvgIpc) is 3.03. The van der Waals surface area contributed by atoms with Gasteiger partial charge in [-0.1, -0.05) is 41.7 Å². The zero-order valence-corrected chi connectivity index (χ0v) is 15.5. The molecule has 2 aromatic rings. The van der Waals surface area contributed by atoms with Crippen molar-refractivity contribution >= 4 is 40.2 Å². The monoisotopic (exact) mass is 377 g/mol. The van der Waals surface area contributed by atoms with Gasteiger partial charge >= 0.3 is 6.09 Å². The Kier molecular flexibility index (Phi) is 5.93. The van der Waals surface area contributed by atoms with Crippen molar-refractivity contribution in [2.24, 2.45) is 0 Å². The number of carbonyl (C=O) groups is 2. The van der Waals surface area contributed by atoms with Gasteiger partial charge in [0.05, 0.1) is 25.1 Å². The van der Waals surface area contributed by atoms with Crippen molar-refractivity contribution < 1.29 is 14.3 Å². The molecule has 0 bridgehead atoms. The van der Waals surface area contributed by atoms with Crippen LogP contribution in [0.1, 0.15) is 16.1 Å². The van der Waals surface area contributed by atoms with E-state index >= 15 is 0 Å². The molecular weight excluding hydrogens is 358 g/mol. The lowest BCUT2D eigenvalue weighted by atomic mass is 10.2. The number of aromatic nitrogens is 1. The second-order valence-electron chi connectivity index (χ2n) is 5.55. The summed E-state index contributed by atoms with van der Waals surface area (Å²) >= 11 is 3.03. The number of benzene rings is 1. The number of nitrogens with zero attached hydrogens (tertiary/aromatic N) is 2. The van der Waals surface area contributed by atoms with Gasteiger partial charge in [0.15, 0.2) is 5.13 Å². The highest BCUT2D eigenvalue weighted by molar-refractivity contribution is 7.99. The molecule has 2 heterocycles. The summed E-state index contributed by atoms with van der Waals surface area (Å²) in [7, 11) is 1.32. The Bertz CT molecular complexity index is 749. The lowest BCUT2D eigenvalue weighted by Crippen LogP contribution is -2.36. The van der Waals surface area contributed by atoms with Gasteiger partial charge in [0, 0.05) is 23.6 Å². The zero-order chi connectivity index (χ0) is 17.6. The number of hydrogen-bond donors (Lipinski definition) is 1. The smallest absolute Gasteiger partial charge is 0.413 e. The van der Waals surface area contributed by atoms with Crippen LogP contribution >= 0.6 is 23.1 Å². The Morgan fingerprint density at radius 1 is 1.36 bits per heavy atom. The summed E-state index contributed by atoms with van der Waals surface area (Å²) in [4.78, 5) is 31.0. The van der Waals surface area contributed by atoms with Crippen LogP contribution in [0.2, 0.25) is 0 Å². The molecule has 0 spiro atoms. The van der Waals surface area contributed by atoms with Gasteiger partial charge in [0.1, 0.15) is 0 Å². The van der Waals surface area contributed by atoms with Crippen molar-refractivity contribution in [3.05, 3.63) is 46.5 Å². The van der Waals surface area contributed by atoms with Gasteiger partial charge in [-0.15, -0.1) is 11.8 Å². The molecule has 1 aromatic carbocycles. The predicted octanol–water partition coefficient (Wildman–Crippen LogP) is 3.14. The number of thioether (sulfide) groups is 1. The molecule has 3 rings (SSSR count). The van der Waals surface area contributed by atoms with E-state index in [9.17, 15) is 9.59 Å². The largest absolute Gasteiger partial charge is 0.453 e. The molecule has 1 N–H and O–H groups in total. The van der Waals surface area contributed by atoms with E-state index in [1.165, 1.54) is 24.0 Å². The number of methoxy groups -OCH3 is 1. The number of carbonyl (C=O) groups excluding carboxylic acids is 2. The third-order valence-electron chi connectivity index (χ3n) is 3.82. The maximum Gasteiger partial charge on any atom is 0.413 e. The fourth-order valence-corrected chi connectivity index (χ4v) is 4.42. The van der Waals surface area contributed by atoms with Crippen LogP contribution in [0.25, 0.3) is 0 Å². The van der Waals surface area contributed by atoms with Crippen LogP contribution in [0.4, 0.5) is 9.93 Å². The molecule has 132 valence electrons. The summed E-state index contributed by atoms with van der Waals surface area (Å²) in [5.41, 5.74) is 2.18. The van der Waals surface area contributed by atoms with Gasteiger partial charge in [0.2, 0.25) is 5.91 Å². The van der Waals surface area contributed by atoms with Gasteiger partial charge in [-0.25, -0.2) is 9.78 Å². The summed E-state index contributed by atoms with van der Waals surface area (Å²) in [6.45, 7) is 1.22. The van der Waals surface area contributed by atoms with Crippen molar-refractivity contribution in [2.45, 2.75) is 18.7 Å². The van der Waals surface area contributed by atoms with E-state index in [-0.39, 0.29) is 5.91 Å². The minimum Gasteiger partial charge on any atom is -0.453 e. The molecule has 8 heteroatoms. The highest BCUT2D eigenvalue weighted by atomic mass is 32.2. The first-order chi connectivity index (χ1) is 12.2. The van der Waals surface area contributed by atoms with Gasteiger partial charge < -0.3 is 9.64 Å². The van der Waals surface area contributed by atoms with Crippen LogP contribution in [0.3, 0.4) is 0 Å². The van der Waals surface area contributed by atoms with Crippen LogP contribution in [0, 0.1) is 0 Å². The summed E-state index contributed by atoms with van der Waals surface area (Å²) in [6.07, 6.45) is 0.181. The second-order valence-corrected chi connectivity index (χ2v) is 7.62. The number of rotatable bonds is 5. The Morgan fingerprint density at radius 2 is 2.16 bits per heavy atom. The first-order valence-corrected chi connectivity index (χ1v) is 9.86. The molecule has 6 nitrogen and oxygen atoms in total. The molecule has 0 aliphatic carbocycles. The fourth-order valence-electron chi connectivity index (χ4n) is 2.52. The number of nitrogens with one attached hydrogen (secondary N) is 1. The minimum absolute atomic E-state index is 0.141. The van der Waals surface area contributed by atoms with Gasteiger partial charge in [-0.05, 0) is 5.56 Å². The van der Waals surface area contributed by atoms with E-state index in [1.807, 2.05) is 23.1 Å². The van der Waals surface area contributed by atoms with E-state index in [0.717, 1.165) is 16.3 Å². The van der Waals surface area contributed by atoms with Crippen LogP contribution in [-0.2, 0) is 28.2 Å². The highest BCUT2D eigenvalue weighted by Gasteiger charge is 2.24. The lowest BCUT2D eigenvalue weighted by molar-refractivity contribution is -0.129. The Labute approximate surface area is 154 Å². The molecular formula is C17H19N3O3S2. The Morgan fingerprint density at radius 3 is 2.92 bits per heavy atom. The second kappa shape index (κ2) is 8.35. The molecule has 25 heavy (non-hydrogen) atoms. The maximum absolute atomic E-state index is 12.4. The maximum atomic E-state index is 12.4. The van der Waals surface area contributed by atoms with E-state index in [4.69, 9.17) is 0 Å². The van der Waals surface area contributed by atoms with Crippen molar-refractivity contribution in [1.29, 1.82) is 0 Å². The molecule has 0 radical (unpaired) electrons. The van der Waals surface area contributed by atoms with E-state index in [0.29, 0.717) is 30.4 Å². The van der Waals surface area contributed by atoms with Gasteiger partial charge in [-0.2, -0.15) is 0 Å². The van der Waals surface area contributed by atoms with Crippen LogP contribution in [0.15, 0.2) is 30.3 Å². The van der Waals surface area contributed by atoms with Gasteiger partial charge in [0.25, 0.3) is 0 Å². The lowest BCUT2D eigenvalue weighted by Gasteiger charge is -2.26. The van der Waals surface area contributed by atoms with E-state index < -0.39 is 6.09 Å². The Hall–Kier alpha value is -2.06. The molecule has 0 atom stereocenters. The third-order valence-corrected chi connectivity index (χ3v) is 5.80. The zero-order valence-electron chi connectivity index (χ0n) is 13.9. The third kappa shape index (κ3) is 4.73. The minimum atomic E-state index is -0.531. The Balaban J connectivity index is 1.51. The topological polar surface area (TPSA) is 71.5 Å².